The van der Waals surface area contributed by atoms with Crippen molar-refractivity contribution in [3.63, 3.8) is 0 Å². The number of carbonyl (C=O) groups excluding carboxylic acids is 1. The second-order valence-electron chi connectivity index (χ2n) is 5.73. The molecule has 0 saturated heterocycles. The summed E-state index contributed by atoms with van der Waals surface area (Å²) in [6.45, 7) is 11.4. The monoisotopic (exact) mass is 288 g/mol. The van der Waals surface area contributed by atoms with Gasteiger partial charge in [0.25, 0.3) is 0 Å². The van der Waals surface area contributed by atoms with Gasteiger partial charge in [-0.15, -0.1) is 0 Å². The molecule has 0 fully saturated rings. The zero-order valence-electron chi connectivity index (χ0n) is 14.0. The molecule has 0 aliphatic rings. The maximum absolute atomic E-state index is 11.9. The molecular weight excluding hydrogens is 256 g/mol. The van der Waals surface area contributed by atoms with Crippen LogP contribution < -0.4 is 5.32 Å². The second-order valence-corrected chi connectivity index (χ2v) is 5.73. The van der Waals surface area contributed by atoms with Crippen molar-refractivity contribution >= 4 is 5.97 Å². The van der Waals surface area contributed by atoms with Gasteiger partial charge in [-0.1, -0.05) is 0 Å². The number of carbonyl (C=O) groups is 1. The van der Waals surface area contributed by atoms with E-state index in [9.17, 15) is 4.79 Å². The molecule has 1 N–H and O–H groups in total. The minimum absolute atomic E-state index is 0.192. The van der Waals surface area contributed by atoms with Crippen LogP contribution in [0.25, 0.3) is 0 Å². The van der Waals surface area contributed by atoms with Crippen LogP contribution in [0.15, 0.2) is 0 Å². The number of rotatable bonds is 11. The van der Waals surface area contributed by atoms with Crippen molar-refractivity contribution in [2.45, 2.75) is 52.1 Å². The van der Waals surface area contributed by atoms with Crippen LogP contribution in [-0.4, -0.2) is 62.9 Å². The predicted octanol–water partition coefficient (Wildman–Crippen LogP) is 1.66. The van der Waals surface area contributed by atoms with E-state index in [4.69, 9.17) is 9.47 Å². The molecule has 0 bridgehead atoms. The number of likely N-dealkylation sites (N-methyl/N-ethyl adjacent to an activating group) is 1. The first-order valence-corrected chi connectivity index (χ1v) is 7.48. The highest BCUT2D eigenvalue weighted by Crippen LogP contribution is 2.16. The van der Waals surface area contributed by atoms with Gasteiger partial charge in [-0.05, 0) is 54.1 Å². The smallest absolute Gasteiger partial charge is 0.325 e. The molecule has 20 heavy (non-hydrogen) atoms. The van der Waals surface area contributed by atoms with Crippen LogP contribution in [0.1, 0.15) is 40.5 Å². The van der Waals surface area contributed by atoms with Crippen LogP contribution in [0.2, 0.25) is 0 Å². The lowest BCUT2D eigenvalue weighted by atomic mass is 9.94. The van der Waals surface area contributed by atoms with Crippen LogP contribution in [0.3, 0.4) is 0 Å². The van der Waals surface area contributed by atoms with Gasteiger partial charge in [0.2, 0.25) is 0 Å². The van der Waals surface area contributed by atoms with Crippen LogP contribution in [0.4, 0.5) is 0 Å². The molecule has 0 aromatic carbocycles. The maximum atomic E-state index is 11.9. The summed E-state index contributed by atoms with van der Waals surface area (Å²) in [6, 6.07) is 0.245. The predicted molar refractivity (Wildman–Crippen MR) is 81.9 cm³/mol. The summed E-state index contributed by atoms with van der Waals surface area (Å²) in [5.41, 5.74) is -0.607. The quantitative estimate of drug-likeness (QED) is 0.463. The Labute approximate surface area is 124 Å². The van der Waals surface area contributed by atoms with E-state index in [1.54, 1.807) is 0 Å². The molecule has 0 aliphatic carbocycles. The van der Waals surface area contributed by atoms with Crippen molar-refractivity contribution in [2.75, 3.05) is 40.5 Å². The van der Waals surface area contributed by atoms with E-state index in [0.29, 0.717) is 0 Å². The minimum Gasteiger partial charge on any atom is -0.468 e. The number of nitrogens with one attached hydrogen (secondary N) is 1. The summed E-state index contributed by atoms with van der Waals surface area (Å²) in [7, 11) is 3.52. The van der Waals surface area contributed by atoms with Gasteiger partial charge >= 0.3 is 5.97 Å². The third kappa shape index (κ3) is 7.82. The summed E-state index contributed by atoms with van der Waals surface area (Å²) in [6.07, 6.45) is 1.70. The number of methoxy groups -OCH3 is 1. The lowest BCUT2D eigenvalue weighted by molar-refractivity contribution is -0.148. The molecule has 0 saturated carbocycles. The highest BCUT2D eigenvalue weighted by atomic mass is 16.5. The molecule has 5 nitrogen and oxygen atoms in total. The number of nitrogens with zero attached hydrogens (tertiary/aromatic N) is 1. The molecule has 0 heterocycles. The van der Waals surface area contributed by atoms with Crippen LogP contribution in [0.5, 0.6) is 0 Å². The molecule has 0 rings (SSSR count). The fraction of sp³-hybridized carbons (Fsp3) is 0.933. The highest BCUT2D eigenvalue weighted by Gasteiger charge is 2.34. The van der Waals surface area contributed by atoms with Gasteiger partial charge in [0, 0.05) is 19.2 Å². The van der Waals surface area contributed by atoms with Gasteiger partial charge < -0.3 is 14.4 Å². The van der Waals surface area contributed by atoms with E-state index >= 15 is 0 Å². The lowest BCUT2D eigenvalue weighted by Gasteiger charge is -2.31. The van der Waals surface area contributed by atoms with Gasteiger partial charge in [0.1, 0.15) is 5.54 Å². The van der Waals surface area contributed by atoms with E-state index in [2.05, 4.69) is 17.3 Å². The Morgan fingerprint density at radius 1 is 1.35 bits per heavy atom. The standard InChI is InChI=1S/C15H32N2O3/c1-7-20-12-11-17(5)10-8-9-15(4,14(18)19-6)16-13(2)3/h13,16H,7-12H2,1-6H3. The fourth-order valence-corrected chi connectivity index (χ4v) is 2.27. The third-order valence-electron chi connectivity index (χ3n) is 3.28. The van der Waals surface area contributed by atoms with Crippen LogP contribution in [-0.2, 0) is 14.3 Å². The van der Waals surface area contributed by atoms with E-state index in [1.165, 1.54) is 7.11 Å². The molecule has 120 valence electrons. The summed E-state index contributed by atoms with van der Waals surface area (Å²) >= 11 is 0. The number of hydrogen-bond donors (Lipinski definition) is 1. The van der Waals surface area contributed by atoms with E-state index in [1.807, 2.05) is 27.7 Å². The van der Waals surface area contributed by atoms with E-state index in [-0.39, 0.29) is 12.0 Å². The molecule has 0 spiro atoms. The average Bonchev–Trinajstić information content (AvgIpc) is 2.37. The Morgan fingerprint density at radius 3 is 2.50 bits per heavy atom. The SMILES string of the molecule is CCOCCN(C)CCCC(C)(NC(C)C)C(=O)OC. The molecular formula is C15H32N2O3. The third-order valence-corrected chi connectivity index (χ3v) is 3.28. The summed E-state index contributed by atoms with van der Waals surface area (Å²) < 4.78 is 10.2. The number of ether oxygens (including phenoxy) is 2. The topological polar surface area (TPSA) is 50.8 Å². The Bertz CT molecular complexity index is 272. The van der Waals surface area contributed by atoms with Gasteiger partial charge in [-0.25, -0.2) is 0 Å². The molecule has 0 radical (unpaired) electrons. The number of hydrogen-bond acceptors (Lipinski definition) is 5. The largest absolute Gasteiger partial charge is 0.468 e. The molecule has 0 aromatic rings. The average molecular weight is 288 g/mol. The second kappa shape index (κ2) is 10.1. The highest BCUT2D eigenvalue weighted by molar-refractivity contribution is 5.80. The molecule has 0 amide bonds. The zero-order chi connectivity index (χ0) is 15.6. The summed E-state index contributed by atoms with van der Waals surface area (Å²) in [5, 5.41) is 3.32. The van der Waals surface area contributed by atoms with Gasteiger partial charge in [0.15, 0.2) is 0 Å². The molecule has 0 aliphatic heterocycles. The minimum atomic E-state index is -0.607. The van der Waals surface area contributed by atoms with Crippen LogP contribution >= 0.6 is 0 Å². The van der Waals surface area contributed by atoms with Crippen molar-refractivity contribution in [3.8, 4) is 0 Å². The van der Waals surface area contributed by atoms with Crippen molar-refractivity contribution in [2.24, 2.45) is 0 Å². The van der Waals surface area contributed by atoms with E-state index in [0.717, 1.165) is 39.1 Å². The fourth-order valence-electron chi connectivity index (χ4n) is 2.27. The first-order valence-electron chi connectivity index (χ1n) is 7.48. The molecule has 1 unspecified atom stereocenters. The van der Waals surface area contributed by atoms with Crippen molar-refractivity contribution in [1.29, 1.82) is 0 Å². The normalized spacial score (nSPS) is 14.6. The van der Waals surface area contributed by atoms with Crippen LogP contribution in [0, 0.1) is 0 Å². The Hall–Kier alpha value is -0.650. The van der Waals surface area contributed by atoms with Crippen molar-refractivity contribution < 1.29 is 14.3 Å². The van der Waals surface area contributed by atoms with Crippen molar-refractivity contribution in [1.82, 2.24) is 10.2 Å². The van der Waals surface area contributed by atoms with Gasteiger partial charge in [-0.2, -0.15) is 0 Å². The first-order chi connectivity index (χ1) is 9.35. The summed E-state index contributed by atoms with van der Waals surface area (Å²) in [5.74, 6) is -0.192. The van der Waals surface area contributed by atoms with Crippen molar-refractivity contribution in [3.05, 3.63) is 0 Å². The summed E-state index contributed by atoms with van der Waals surface area (Å²) in [4.78, 5) is 14.2. The van der Waals surface area contributed by atoms with Gasteiger partial charge in [-0.3, -0.25) is 10.1 Å². The van der Waals surface area contributed by atoms with Gasteiger partial charge in [0.05, 0.1) is 13.7 Å². The lowest BCUT2D eigenvalue weighted by Crippen LogP contribution is -2.53. The molecule has 5 heteroatoms. The first kappa shape index (κ1) is 19.4. The molecule has 0 aromatic heterocycles. The number of esters is 1. The Morgan fingerprint density at radius 2 is 2.00 bits per heavy atom. The Balaban J connectivity index is 4.17. The zero-order valence-corrected chi connectivity index (χ0v) is 14.0. The Kier molecular flexibility index (Phi) is 9.80. The van der Waals surface area contributed by atoms with E-state index < -0.39 is 5.54 Å². The maximum Gasteiger partial charge on any atom is 0.325 e. The molecule has 1 atom stereocenters.